The van der Waals surface area contributed by atoms with E-state index >= 15 is 0 Å². The largest absolute Gasteiger partial charge is 0.356 e. The predicted octanol–water partition coefficient (Wildman–Crippen LogP) is 3.21. The van der Waals surface area contributed by atoms with Gasteiger partial charge in [-0.25, -0.2) is 0 Å². The maximum absolute atomic E-state index is 11.9. The number of fused-ring (bicyclic) bond motifs is 1. The summed E-state index contributed by atoms with van der Waals surface area (Å²) < 4.78 is 0. The van der Waals surface area contributed by atoms with E-state index in [0.717, 1.165) is 35.4 Å². The van der Waals surface area contributed by atoms with Crippen LogP contribution in [0, 0.1) is 5.92 Å². The Labute approximate surface area is 136 Å². The van der Waals surface area contributed by atoms with Gasteiger partial charge in [-0.15, -0.1) is 11.8 Å². The average molecular weight is 320 g/mol. The van der Waals surface area contributed by atoms with Crippen molar-refractivity contribution < 1.29 is 9.59 Å². The van der Waals surface area contributed by atoms with Crippen LogP contribution in [0.1, 0.15) is 39.2 Å². The number of hydrogen-bond acceptors (Lipinski definition) is 3. The molecule has 22 heavy (non-hydrogen) atoms. The summed E-state index contributed by atoms with van der Waals surface area (Å²) in [5, 5.41) is 5.89. The molecule has 0 saturated carbocycles. The van der Waals surface area contributed by atoms with Crippen LogP contribution in [0.3, 0.4) is 0 Å². The fourth-order valence-electron chi connectivity index (χ4n) is 2.55. The molecule has 1 aliphatic rings. The Morgan fingerprint density at radius 3 is 2.77 bits per heavy atom. The molecule has 0 radical (unpaired) electrons. The predicted molar refractivity (Wildman–Crippen MR) is 91.2 cm³/mol. The molecular formula is C17H24N2O2S. The summed E-state index contributed by atoms with van der Waals surface area (Å²) in [5.41, 5.74) is 2.01. The fourth-order valence-corrected chi connectivity index (χ4v) is 3.48. The monoisotopic (exact) mass is 320 g/mol. The van der Waals surface area contributed by atoms with E-state index in [0.29, 0.717) is 6.54 Å². The van der Waals surface area contributed by atoms with E-state index in [1.807, 2.05) is 32.9 Å². The lowest BCUT2D eigenvalue weighted by molar-refractivity contribution is -0.125. The number of carbonyl (C=O) groups excluding carboxylic acids is 2. The van der Waals surface area contributed by atoms with Crippen molar-refractivity contribution in [2.45, 2.75) is 50.2 Å². The minimum atomic E-state index is -0.0438. The third-order valence-electron chi connectivity index (χ3n) is 4.04. The number of benzene rings is 1. The first kappa shape index (κ1) is 16.9. The quantitative estimate of drug-likeness (QED) is 0.846. The van der Waals surface area contributed by atoms with Crippen molar-refractivity contribution in [3.8, 4) is 0 Å². The second-order valence-electron chi connectivity index (χ2n) is 5.63. The van der Waals surface area contributed by atoms with Gasteiger partial charge in [0.2, 0.25) is 11.8 Å². The smallest absolute Gasteiger partial charge is 0.237 e. The third-order valence-corrected chi connectivity index (χ3v) is 5.22. The van der Waals surface area contributed by atoms with E-state index in [2.05, 4.69) is 16.7 Å². The molecule has 0 aliphatic carbocycles. The minimum Gasteiger partial charge on any atom is -0.356 e. The number of anilines is 1. The van der Waals surface area contributed by atoms with Crippen LogP contribution in [0.4, 0.5) is 5.69 Å². The van der Waals surface area contributed by atoms with Gasteiger partial charge in [-0.2, -0.15) is 0 Å². The summed E-state index contributed by atoms with van der Waals surface area (Å²) in [7, 11) is 0. The number of carbonyl (C=O) groups is 2. The molecule has 1 atom stereocenters. The third kappa shape index (κ3) is 4.03. The first-order chi connectivity index (χ1) is 10.5. The van der Waals surface area contributed by atoms with E-state index in [1.54, 1.807) is 11.8 Å². The maximum Gasteiger partial charge on any atom is 0.237 e. The van der Waals surface area contributed by atoms with Gasteiger partial charge < -0.3 is 10.6 Å². The molecule has 2 rings (SSSR count). The van der Waals surface area contributed by atoms with Gasteiger partial charge in [-0.1, -0.05) is 19.9 Å². The minimum absolute atomic E-state index is 0.0438. The maximum atomic E-state index is 11.9. The van der Waals surface area contributed by atoms with Crippen molar-refractivity contribution in [2.24, 2.45) is 5.92 Å². The topological polar surface area (TPSA) is 58.2 Å². The standard InChI is InChI=1S/C17H24N2O2S/c1-4-13(5-2)17(21)18-9-8-12-6-7-15-14(10-12)19-16(20)11(3)22-15/h6-7,10-11,13H,4-5,8-9H2,1-3H3,(H,18,21)(H,19,20). The Hall–Kier alpha value is -1.49. The van der Waals surface area contributed by atoms with Crippen LogP contribution in [-0.4, -0.2) is 23.6 Å². The zero-order chi connectivity index (χ0) is 16.1. The van der Waals surface area contributed by atoms with Gasteiger partial charge >= 0.3 is 0 Å². The lowest BCUT2D eigenvalue weighted by Gasteiger charge is -2.22. The van der Waals surface area contributed by atoms with E-state index in [1.165, 1.54) is 0 Å². The summed E-state index contributed by atoms with van der Waals surface area (Å²) >= 11 is 1.59. The molecule has 1 aromatic carbocycles. The van der Waals surface area contributed by atoms with Gasteiger partial charge in [-0.05, 0) is 43.9 Å². The zero-order valence-corrected chi connectivity index (χ0v) is 14.3. The molecule has 2 amide bonds. The Bertz CT molecular complexity index is 556. The molecule has 0 saturated heterocycles. The number of hydrogen-bond donors (Lipinski definition) is 2. The lowest BCUT2D eigenvalue weighted by atomic mass is 10.0. The van der Waals surface area contributed by atoms with Crippen molar-refractivity contribution in [1.29, 1.82) is 0 Å². The molecule has 0 aromatic heterocycles. The van der Waals surface area contributed by atoms with Crippen LogP contribution in [0.2, 0.25) is 0 Å². The van der Waals surface area contributed by atoms with Gasteiger partial charge in [0.05, 0.1) is 10.9 Å². The van der Waals surface area contributed by atoms with Gasteiger partial charge in [0.25, 0.3) is 0 Å². The number of thioether (sulfide) groups is 1. The van der Waals surface area contributed by atoms with Crippen LogP contribution in [0.5, 0.6) is 0 Å². The van der Waals surface area contributed by atoms with Crippen LogP contribution < -0.4 is 10.6 Å². The highest BCUT2D eigenvalue weighted by Crippen LogP contribution is 2.35. The van der Waals surface area contributed by atoms with E-state index in [9.17, 15) is 9.59 Å². The Morgan fingerprint density at radius 2 is 2.09 bits per heavy atom. The molecule has 0 spiro atoms. The van der Waals surface area contributed by atoms with Crippen molar-refractivity contribution in [2.75, 3.05) is 11.9 Å². The molecule has 1 aliphatic heterocycles. The number of nitrogens with one attached hydrogen (secondary N) is 2. The second kappa shape index (κ2) is 7.68. The van der Waals surface area contributed by atoms with Crippen LogP contribution in [-0.2, 0) is 16.0 Å². The van der Waals surface area contributed by atoms with Gasteiger partial charge in [0, 0.05) is 17.4 Å². The van der Waals surface area contributed by atoms with Crippen molar-refractivity contribution in [1.82, 2.24) is 5.32 Å². The van der Waals surface area contributed by atoms with Crippen molar-refractivity contribution >= 4 is 29.3 Å². The summed E-state index contributed by atoms with van der Waals surface area (Å²) in [5.74, 6) is 0.304. The van der Waals surface area contributed by atoms with Crippen LogP contribution in [0.15, 0.2) is 23.1 Å². The molecule has 0 fully saturated rings. The molecular weight excluding hydrogens is 296 g/mol. The molecule has 1 aromatic rings. The molecule has 4 nitrogen and oxygen atoms in total. The fraction of sp³-hybridized carbons (Fsp3) is 0.529. The highest BCUT2D eigenvalue weighted by Gasteiger charge is 2.22. The highest BCUT2D eigenvalue weighted by molar-refractivity contribution is 8.00. The van der Waals surface area contributed by atoms with Crippen molar-refractivity contribution in [3.05, 3.63) is 23.8 Å². The van der Waals surface area contributed by atoms with Gasteiger partial charge in [0.15, 0.2) is 0 Å². The Balaban J connectivity index is 1.91. The SMILES string of the molecule is CCC(CC)C(=O)NCCc1ccc2c(c1)NC(=O)C(C)S2. The number of amides is 2. The second-order valence-corrected chi connectivity index (χ2v) is 7.02. The first-order valence-corrected chi connectivity index (χ1v) is 8.81. The van der Waals surface area contributed by atoms with E-state index in [4.69, 9.17) is 0 Å². The molecule has 0 bridgehead atoms. The summed E-state index contributed by atoms with van der Waals surface area (Å²) in [6.07, 6.45) is 2.53. The first-order valence-electron chi connectivity index (χ1n) is 7.93. The highest BCUT2D eigenvalue weighted by atomic mass is 32.2. The molecule has 2 N–H and O–H groups in total. The molecule has 5 heteroatoms. The van der Waals surface area contributed by atoms with E-state index in [-0.39, 0.29) is 23.0 Å². The van der Waals surface area contributed by atoms with Crippen molar-refractivity contribution in [3.63, 3.8) is 0 Å². The zero-order valence-electron chi connectivity index (χ0n) is 13.4. The molecule has 1 unspecified atom stereocenters. The van der Waals surface area contributed by atoms with Gasteiger partial charge in [-0.3, -0.25) is 9.59 Å². The number of rotatable bonds is 6. The Kier molecular flexibility index (Phi) is 5.89. The summed E-state index contributed by atoms with van der Waals surface area (Å²) in [4.78, 5) is 24.8. The molecule has 120 valence electrons. The van der Waals surface area contributed by atoms with E-state index < -0.39 is 0 Å². The average Bonchev–Trinajstić information content (AvgIpc) is 2.50. The van der Waals surface area contributed by atoms with Gasteiger partial charge in [0.1, 0.15) is 0 Å². The normalized spacial score (nSPS) is 17.1. The summed E-state index contributed by atoms with van der Waals surface area (Å²) in [6, 6.07) is 6.13. The lowest BCUT2D eigenvalue weighted by Crippen LogP contribution is -2.31. The molecule has 1 heterocycles. The summed E-state index contributed by atoms with van der Waals surface area (Å²) in [6.45, 7) is 6.62. The van der Waals surface area contributed by atoms with Crippen LogP contribution >= 0.6 is 11.8 Å². The van der Waals surface area contributed by atoms with Crippen LogP contribution in [0.25, 0.3) is 0 Å². The Morgan fingerprint density at radius 1 is 1.36 bits per heavy atom.